The van der Waals surface area contributed by atoms with Crippen LogP contribution in [0.25, 0.3) is 11.5 Å². The molecule has 1 heterocycles. The average molecular weight is 310 g/mol. The van der Waals surface area contributed by atoms with Gasteiger partial charge in [0.05, 0.1) is 5.69 Å². The summed E-state index contributed by atoms with van der Waals surface area (Å²) in [6.45, 7) is 3.77. The van der Waals surface area contributed by atoms with Crippen LogP contribution in [0, 0.1) is 0 Å². The Bertz CT molecular complexity index is 590. The first-order valence-electron chi connectivity index (χ1n) is 5.49. The van der Waals surface area contributed by atoms with E-state index in [2.05, 4.69) is 20.9 Å². The van der Waals surface area contributed by atoms with Gasteiger partial charge in [0, 0.05) is 10.0 Å². The molecule has 0 unspecified atom stereocenters. The maximum absolute atomic E-state index is 11.1. The number of aromatic nitrogens is 1. The van der Waals surface area contributed by atoms with Crippen molar-refractivity contribution in [2.45, 2.75) is 19.8 Å². The van der Waals surface area contributed by atoms with E-state index in [9.17, 15) is 4.79 Å². The molecule has 0 aliphatic rings. The molecule has 0 bridgehead atoms. The Labute approximate surface area is 113 Å². The maximum atomic E-state index is 11.1. The number of benzene rings is 1. The predicted octanol–water partition coefficient (Wildman–Crippen LogP) is 3.93. The first kappa shape index (κ1) is 12.8. The van der Waals surface area contributed by atoms with Crippen LogP contribution >= 0.6 is 15.9 Å². The van der Waals surface area contributed by atoms with Gasteiger partial charge in [0.15, 0.2) is 0 Å². The zero-order valence-corrected chi connectivity index (χ0v) is 11.6. The van der Waals surface area contributed by atoms with Crippen molar-refractivity contribution in [1.82, 2.24) is 4.98 Å². The lowest BCUT2D eigenvalue weighted by Crippen LogP contribution is -2.01. The van der Waals surface area contributed by atoms with Gasteiger partial charge in [-0.25, -0.2) is 9.78 Å². The van der Waals surface area contributed by atoms with Crippen molar-refractivity contribution < 1.29 is 14.3 Å². The summed E-state index contributed by atoms with van der Waals surface area (Å²) in [4.78, 5) is 15.4. The molecular formula is C13H12BrNO3. The monoisotopic (exact) mass is 309 g/mol. The Morgan fingerprint density at radius 2 is 2.17 bits per heavy atom. The molecule has 2 rings (SSSR count). The zero-order valence-electron chi connectivity index (χ0n) is 9.98. The largest absolute Gasteiger partial charge is 0.475 e. The summed E-state index contributed by atoms with van der Waals surface area (Å²) in [5.41, 5.74) is 1.22. The number of carboxylic acid groups (broad SMARTS) is 1. The van der Waals surface area contributed by atoms with Crippen LogP contribution in [0.5, 0.6) is 0 Å². The SMILES string of the molecule is CC(C)c1nc(-c2cccc(Br)c2)oc1C(=O)O. The van der Waals surface area contributed by atoms with Gasteiger partial charge in [-0.3, -0.25) is 0 Å². The molecule has 0 amide bonds. The molecule has 94 valence electrons. The molecule has 1 aromatic carbocycles. The molecule has 0 radical (unpaired) electrons. The highest BCUT2D eigenvalue weighted by atomic mass is 79.9. The summed E-state index contributed by atoms with van der Waals surface area (Å²) in [6, 6.07) is 7.39. The highest BCUT2D eigenvalue weighted by Gasteiger charge is 2.22. The minimum absolute atomic E-state index is 0.000697. The molecular weight excluding hydrogens is 298 g/mol. The van der Waals surface area contributed by atoms with Gasteiger partial charge in [-0.15, -0.1) is 0 Å². The minimum Gasteiger partial charge on any atom is -0.475 e. The van der Waals surface area contributed by atoms with Crippen LogP contribution in [-0.4, -0.2) is 16.1 Å². The average Bonchev–Trinajstić information content (AvgIpc) is 2.73. The van der Waals surface area contributed by atoms with E-state index in [1.165, 1.54) is 0 Å². The molecule has 1 N–H and O–H groups in total. The number of hydrogen-bond acceptors (Lipinski definition) is 3. The molecule has 0 aliphatic carbocycles. The van der Waals surface area contributed by atoms with E-state index in [4.69, 9.17) is 9.52 Å². The van der Waals surface area contributed by atoms with Gasteiger partial charge >= 0.3 is 5.97 Å². The van der Waals surface area contributed by atoms with E-state index >= 15 is 0 Å². The Balaban J connectivity index is 2.53. The molecule has 0 fully saturated rings. The molecule has 18 heavy (non-hydrogen) atoms. The van der Waals surface area contributed by atoms with Gasteiger partial charge < -0.3 is 9.52 Å². The zero-order chi connectivity index (χ0) is 13.3. The molecule has 0 atom stereocenters. The van der Waals surface area contributed by atoms with Crippen LogP contribution in [0.1, 0.15) is 36.0 Å². The highest BCUT2D eigenvalue weighted by Crippen LogP contribution is 2.28. The molecule has 2 aromatic rings. The number of nitrogens with zero attached hydrogens (tertiary/aromatic N) is 1. The number of carbonyl (C=O) groups is 1. The van der Waals surface area contributed by atoms with E-state index in [0.717, 1.165) is 10.0 Å². The van der Waals surface area contributed by atoms with E-state index in [0.29, 0.717) is 11.6 Å². The summed E-state index contributed by atoms with van der Waals surface area (Å²) in [7, 11) is 0. The van der Waals surface area contributed by atoms with E-state index in [1.807, 2.05) is 38.1 Å². The van der Waals surface area contributed by atoms with Crippen molar-refractivity contribution in [1.29, 1.82) is 0 Å². The van der Waals surface area contributed by atoms with Crippen LogP contribution in [0.15, 0.2) is 33.2 Å². The second-order valence-corrected chi connectivity index (χ2v) is 5.12. The van der Waals surface area contributed by atoms with Crippen LogP contribution in [-0.2, 0) is 0 Å². The van der Waals surface area contributed by atoms with Gasteiger partial charge in [-0.05, 0) is 24.1 Å². The van der Waals surface area contributed by atoms with E-state index in [1.54, 1.807) is 0 Å². The summed E-state index contributed by atoms with van der Waals surface area (Å²) >= 11 is 3.36. The van der Waals surface area contributed by atoms with Crippen LogP contribution in [0.4, 0.5) is 0 Å². The Morgan fingerprint density at radius 1 is 1.44 bits per heavy atom. The minimum atomic E-state index is -1.09. The third-order valence-corrected chi connectivity index (χ3v) is 2.96. The number of halogens is 1. The third-order valence-electron chi connectivity index (χ3n) is 2.47. The van der Waals surface area contributed by atoms with Crippen molar-refractivity contribution in [3.63, 3.8) is 0 Å². The normalized spacial score (nSPS) is 10.9. The summed E-state index contributed by atoms with van der Waals surface area (Å²) in [5, 5.41) is 9.09. The molecule has 0 saturated carbocycles. The van der Waals surface area contributed by atoms with Gasteiger partial charge in [0.2, 0.25) is 11.7 Å². The fraction of sp³-hybridized carbons (Fsp3) is 0.231. The van der Waals surface area contributed by atoms with Crippen molar-refractivity contribution in [2.75, 3.05) is 0 Å². The fourth-order valence-electron chi connectivity index (χ4n) is 1.62. The second kappa shape index (κ2) is 4.94. The fourth-order valence-corrected chi connectivity index (χ4v) is 2.02. The standard InChI is InChI=1S/C13H12BrNO3/c1-7(2)10-11(13(16)17)18-12(15-10)8-4-3-5-9(14)6-8/h3-7H,1-2H3,(H,16,17). The number of oxazole rings is 1. The quantitative estimate of drug-likeness (QED) is 0.933. The number of rotatable bonds is 3. The summed E-state index contributed by atoms with van der Waals surface area (Å²) < 4.78 is 6.24. The van der Waals surface area contributed by atoms with E-state index < -0.39 is 5.97 Å². The van der Waals surface area contributed by atoms with Gasteiger partial charge in [0.25, 0.3) is 0 Å². The van der Waals surface area contributed by atoms with Crippen molar-refractivity contribution in [3.8, 4) is 11.5 Å². The second-order valence-electron chi connectivity index (χ2n) is 4.20. The van der Waals surface area contributed by atoms with E-state index in [-0.39, 0.29) is 11.7 Å². The number of aromatic carboxylic acids is 1. The molecule has 0 aliphatic heterocycles. The molecule has 5 heteroatoms. The van der Waals surface area contributed by atoms with Gasteiger partial charge in [-0.2, -0.15) is 0 Å². The first-order chi connectivity index (χ1) is 8.49. The summed E-state index contributed by atoms with van der Waals surface area (Å²) in [5.74, 6) is -0.842. The molecule has 0 spiro atoms. The van der Waals surface area contributed by atoms with Crippen molar-refractivity contribution >= 4 is 21.9 Å². The third kappa shape index (κ3) is 2.46. The van der Waals surface area contributed by atoms with Gasteiger partial charge in [0.1, 0.15) is 0 Å². The van der Waals surface area contributed by atoms with Crippen LogP contribution in [0.3, 0.4) is 0 Å². The Morgan fingerprint density at radius 3 is 2.67 bits per heavy atom. The predicted molar refractivity (Wildman–Crippen MR) is 70.7 cm³/mol. The maximum Gasteiger partial charge on any atom is 0.373 e. The lowest BCUT2D eigenvalue weighted by atomic mass is 10.1. The number of hydrogen-bond donors (Lipinski definition) is 1. The number of carboxylic acids is 1. The summed E-state index contributed by atoms with van der Waals surface area (Å²) in [6.07, 6.45) is 0. The Hall–Kier alpha value is -1.62. The first-order valence-corrected chi connectivity index (χ1v) is 6.28. The van der Waals surface area contributed by atoms with Crippen LogP contribution < -0.4 is 0 Å². The molecule has 1 aromatic heterocycles. The lowest BCUT2D eigenvalue weighted by Gasteiger charge is -1.98. The van der Waals surface area contributed by atoms with Crippen molar-refractivity contribution in [3.05, 3.63) is 40.2 Å². The van der Waals surface area contributed by atoms with Crippen molar-refractivity contribution in [2.24, 2.45) is 0 Å². The topological polar surface area (TPSA) is 63.3 Å². The highest BCUT2D eigenvalue weighted by molar-refractivity contribution is 9.10. The van der Waals surface area contributed by atoms with Gasteiger partial charge in [-0.1, -0.05) is 35.8 Å². The molecule has 4 nitrogen and oxygen atoms in total. The van der Waals surface area contributed by atoms with Crippen LogP contribution in [0.2, 0.25) is 0 Å². The lowest BCUT2D eigenvalue weighted by molar-refractivity contribution is 0.0661. The smallest absolute Gasteiger partial charge is 0.373 e. The Kier molecular flexibility index (Phi) is 3.52. The molecule has 0 saturated heterocycles.